The molecule has 1 aliphatic rings. The summed E-state index contributed by atoms with van der Waals surface area (Å²) < 4.78 is 9.59. The van der Waals surface area contributed by atoms with Crippen LogP contribution in [0, 0.1) is 0 Å². The maximum Gasteiger partial charge on any atom is 0.145 e. The summed E-state index contributed by atoms with van der Waals surface area (Å²) in [4.78, 5) is 2.48. The number of nitrogens with zero attached hydrogens (tertiary/aromatic N) is 2. The molecule has 2 heterocycles. The van der Waals surface area contributed by atoms with E-state index in [0.717, 1.165) is 83.5 Å². The molecule has 3 nitrogen and oxygen atoms in total. The fourth-order valence-electron chi connectivity index (χ4n) is 11.7. The molecule has 0 spiro atoms. The van der Waals surface area contributed by atoms with E-state index in [1.165, 1.54) is 49.4 Å². The Morgan fingerprint density at radius 1 is 0.386 bits per heavy atom. The molecule has 0 N–H and O–H groups in total. The van der Waals surface area contributed by atoms with Crippen LogP contribution < -0.4 is 4.90 Å². The number of furan rings is 1. The number of hydrogen-bond acceptors (Lipinski definition) is 2. The van der Waals surface area contributed by atoms with Crippen LogP contribution in [-0.2, 0) is 5.41 Å². The Bertz CT molecular complexity index is 4190. The molecule has 0 unspecified atom stereocenters. The van der Waals surface area contributed by atoms with Gasteiger partial charge in [0, 0.05) is 43.8 Å². The van der Waals surface area contributed by atoms with Gasteiger partial charge in [-0.3, -0.25) is 0 Å². The fourth-order valence-corrected chi connectivity index (χ4v) is 11.7. The average molecular weight is 895 g/mol. The normalized spacial score (nSPS) is 12.8. The predicted molar refractivity (Wildman–Crippen MR) is 294 cm³/mol. The molecule has 0 saturated carbocycles. The first-order chi connectivity index (χ1) is 34.5. The van der Waals surface area contributed by atoms with Crippen LogP contribution in [0.4, 0.5) is 17.1 Å². The minimum atomic E-state index is -0.120. The Morgan fingerprint density at radius 3 is 1.84 bits per heavy atom. The molecule has 0 bridgehead atoms. The van der Waals surface area contributed by atoms with E-state index >= 15 is 0 Å². The molecule has 0 atom stereocenters. The van der Waals surface area contributed by atoms with Gasteiger partial charge in [-0.05, 0) is 116 Å². The largest absolute Gasteiger partial charge is 0.455 e. The van der Waals surface area contributed by atoms with Gasteiger partial charge in [0.2, 0.25) is 0 Å². The summed E-state index contributed by atoms with van der Waals surface area (Å²) in [6.45, 7) is 4.71. The van der Waals surface area contributed by atoms with Crippen LogP contribution in [0.3, 0.4) is 0 Å². The second kappa shape index (κ2) is 15.6. The summed E-state index contributed by atoms with van der Waals surface area (Å²) in [5.41, 5.74) is 20.2. The van der Waals surface area contributed by atoms with Crippen LogP contribution in [0.2, 0.25) is 0 Å². The number of benzene rings is 11. The predicted octanol–water partition coefficient (Wildman–Crippen LogP) is 18.6. The van der Waals surface area contributed by atoms with Crippen molar-refractivity contribution in [3.63, 3.8) is 0 Å². The van der Waals surface area contributed by atoms with E-state index in [0.29, 0.717) is 0 Å². The minimum Gasteiger partial charge on any atom is -0.455 e. The van der Waals surface area contributed by atoms with Crippen LogP contribution in [-0.4, -0.2) is 4.57 Å². The Balaban J connectivity index is 1.06. The zero-order valence-corrected chi connectivity index (χ0v) is 38.9. The lowest BCUT2D eigenvalue weighted by Crippen LogP contribution is -2.15. The molecule has 1 aliphatic carbocycles. The molecule has 11 aromatic carbocycles. The van der Waals surface area contributed by atoms with Crippen molar-refractivity contribution in [2.24, 2.45) is 0 Å². The molecule has 2 aromatic heterocycles. The van der Waals surface area contributed by atoms with E-state index in [1.54, 1.807) is 0 Å². The summed E-state index contributed by atoms with van der Waals surface area (Å²) in [6, 6.07) is 88.8. The number of fused-ring (bicyclic) bond motifs is 10. The van der Waals surface area contributed by atoms with Crippen molar-refractivity contribution in [2.45, 2.75) is 19.3 Å². The lowest BCUT2D eigenvalue weighted by molar-refractivity contribution is 0.660. The summed E-state index contributed by atoms with van der Waals surface area (Å²) >= 11 is 0. The van der Waals surface area contributed by atoms with Gasteiger partial charge in [0.1, 0.15) is 11.2 Å². The van der Waals surface area contributed by atoms with Crippen molar-refractivity contribution >= 4 is 71.6 Å². The molecule has 0 radical (unpaired) electrons. The van der Waals surface area contributed by atoms with Crippen LogP contribution in [0.5, 0.6) is 0 Å². The van der Waals surface area contributed by atoms with Crippen LogP contribution in [0.1, 0.15) is 25.0 Å². The second-order valence-corrected chi connectivity index (χ2v) is 19.2. The first kappa shape index (κ1) is 40.2. The van der Waals surface area contributed by atoms with Crippen LogP contribution >= 0.6 is 0 Å². The lowest BCUT2D eigenvalue weighted by Gasteiger charge is -2.31. The van der Waals surface area contributed by atoms with Crippen molar-refractivity contribution in [1.82, 2.24) is 4.57 Å². The topological polar surface area (TPSA) is 21.3 Å². The number of rotatable bonds is 7. The Hall–Kier alpha value is -8.92. The van der Waals surface area contributed by atoms with Gasteiger partial charge in [-0.15, -0.1) is 0 Å². The third-order valence-corrected chi connectivity index (χ3v) is 15.0. The zero-order valence-electron chi connectivity index (χ0n) is 38.9. The number of para-hydroxylation sites is 5. The molecule has 14 rings (SSSR count). The highest BCUT2D eigenvalue weighted by Crippen LogP contribution is 2.52. The van der Waals surface area contributed by atoms with Crippen LogP contribution in [0.25, 0.3) is 105 Å². The van der Waals surface area contributed by atoms with Gasteiger partial charge in [0.25, 0.3) is 0 Å². The highest BCUT2D eigenvalue weighted by molar-refractivity contribution is 6.15. The lowest BCUT2D eigenvalue weighted by atomic mass is 9.81. The van der Waals surface area contributed by atoms with Crippen molar-refractivity contribution in [2.75, 3.05) is 4.90 Å². The third-order valence-electron chi connectivity index (χ3n) is 15.0. The van der Waals surface area contributed by atoms with Gasteiger partial charge in [-0.25, -0.2) is 0 Å². The van der Waals surface area contributed by atoms with Crippen molar-refractivity contribution in [3.8, 4) is 50.2 Å². The van der Waals surface area contributed by atoms with E-state index in [-0.39, 0.29) is 5.41 Å². The maximum atomic E-state index is 7.16. The van der Waals surface area contributed by atoms with Gasteiger partial charge in [-0.2, -0.15) is 0 Å². The summed E-state index contributed by atoms with van der Waals surface area (Å²) in [6.07, 6.45) is 0. The van der Waals surface area contributed by atoms with Crippen molar-refractivity contribution in [1.29, 1.82) is 0 Å². The summed E-state index contributed by atoms with van der Waals surface area (Å²) in [5, 5.41) is 7.02. The molecule has 3 heteroatoms. The smallest absolute Gasteiger partial charge is 0.145 e. The highest BCUT2D eigenvalue weighted by Gasteiger charge is 2.35. The Labute approximate surface area is 406 Å². The van der Waals surface area contributed by atoms with Crippen LogP contribution in [0.15, 0.2) is 247 Å². The van der Waals surface area contributed by atoms with Gasteiger partial charge < -0.3 is 13.9 Å². The van der Waals surface area contributed by atoms with E-state index in [9.17, 15) is 0 Å². The Morgan fingerprint density at radius 2 is 1.01 bits per heavy atom. The minimum absolute atomic E-state index is 0.120. The number of anilines is 3. The van der Waals surface area contributed by atoms with E-state index < -0.39 is 0 Å². The zero-order chi connectivity index (χ0) is 46.5. The maximum absolute atomic E-state index is 7.16. The molecule has 13 aromatic rings. The summed E-state index contributed by atoms with van der Waals surface area (Å²) in [5.74, 6) is 0. The molecule has 0 saturated heterocycles. The monoisotopic (exact) mass is 894 g/mol. The molecule has 330 valence electrons. The number of aromatic nitrogens is 1. The third kappa shape index (κ3) is 6.08. The number of hydrogen-bond donors (Lipinski definition) is 0. The average Bonchev–Trinajstić information content (AvgIpc) is 4.04. The van der Waals surface area contributed by atoms with Gasteiger partial charge >= 0.3 is 0 Å². The quantitative estimate of drug-likeness (QED) is 0.159. The van der Waals surface area contributed by atoms with E-state index in [4.69, 9.17) is 4.42 Å². The van der Waals surface area contributed by atoms with E-state index in [2.05, 4.69) is 266 Å². The SMILES string of the molecule is CC1(C)c2ccccc2-c2ccc(-c3cccc(N(c4ccccc4-c4ccc5ccccc5c4)c4ccc5c(oc6ccccc65)c4-c4ccccc4-n4c5ccccc5c5ccccc54)c3)cc21. The molecular weight excluding hydrogens is 849 g/mol. The highest BCUT2D eigenvalue weighted by atomic mass is 16.3. The fraction of sp³-hybridized carbons (Fsp3) is 0.0448. The standard InChI is InChI=1S/C67H46N2O/c1-67(2)57-28-11-5-23-50(57)51-37-36-46(42-58(51)67)45-20-17-21-48(41-45)68(59-29-12-6-22-49(59)47-35-34-43-18-3-4-19-44(43)40-47)63-39-38-55-54-26-10-16-33-64(54)70-66(55)65(63)56-27-9-15-32-62(56)69-60-30-13-7-24-52(60)53-25-8-14-31-61(53)69/h3-42H,1-2H3. The van der Waals surface area contributed by atoms with Gasteiger partial charge in [0.15, 0.2) is 0 Å². The van der Waals surface area contributed by atoms with E-state index in [1.807, 2.05) is 0 Å². The first-order valence-corrected chi connectivity index (χ1v) is 24.2. The molecule has 0 aliphatic heterocycles. The van der Waals surface area contributed by atoms with Gasteiger partial charge in [0.05, 0.1) is 33.7 Å². The van der Waals surface area contributed by atoms with Crippen molar-refractivity contribution in [3.05, 3.63) is 254 Å². The van der Waals surface area contributed by atoms with Gasteiger partial charge in [-0.1, -0.05) is 190 Å². The molecular formula is C67H46N2O. The Kier molecular flexibility index (Phi) is 8.93. The first-order valence-electron chi connectivity index (χ1n) is 24.2. The molecule has 70 heavy (non-hydrogen) atoms. The second-order valence-electron chi connectivity index (χ2n) is 19.2. The molecule has 0 fully saturated rings. The summed E-state index contributed by atoms with van der Waals surface area (Å²) in [7, 11) is 0. The molecule has 0 amide bonds. The van der Waals surface area contributed by atoms with Crippen molar-refractivity contribution < 1.29 is 4.42 Å².